The van der Waals surface area contributed by atoms with Gasteiger partial charge in [0, 0.05) is 54.2 Å². The van der Waals surface area contributed by atoms with Crippen molar-refractivity contribution < 1.29 is 0 Å². The molecule has 0 unspecified atom stereocenters. The van der Waals surface area contributed by atoms with Crippen molar-refractivity contribution in [2.24, 2.45) is 0 Å². The quantitative estimate of drug-likeness (QED) is 0.409. The predicted molar refractivity (Wildman–Crippen MR) is 131 cm³/mol. The zero-order valence-electron chi connectivity index (χ0n) is 18.7. The molecule has 6 heterocycles. The van der Waals surface area contributed by atoms with E-state index in [4.69, 9.17) is 9.97 Å². The molecule has 0 aliphatic rings. The highest BCUT2D eigenvalue weighted by atomic mass is 15.2. The van der Waals surface area contributed by atoms with Crippen LogP contribution >= 0.6 is 0 Å². The minimum atomic E-state index is 0.606. The van der Waals surface area contributed by atoms with E-state index < -0.39 is 0 Å². The van der Waals surface area contributed by atoms with Gasteiger partial charge in [-0.15, -0.1) is 0 Å². The summed E-state index contributed by atoms with van der Waals surface area (Å²) in [5, 5.41) is 7.58. The van der Waals surface area contributed by atoms with Crippen LogP contribution in [0.4, 0.5) is 0 Å². The second-order valence-corrected chi connectivity index (χ2v) is 8.37. The van der Waals surface area contributed by atoms with Crippen LogP contribution in [0.15, 0.2) is 67.4 Å². The van der Waals surface area contributed by atoms with Crippen molar-refractivity contribution in [2.45, 2.75) is 6.54 Å². The highest BCUT2D eigenvalue weighted by molar-refractivity contribution is 5.94. The van der Waals surface area contributed by atoms with Gasteiger partial charge in [0.05, 0.1) is 11.2 Å². The Balaban J connectivity index is 1.45. The van der Waals surface area contributed by atoms with Gasteiger partial charge in [0.15, 0.2) is 17.2 Å². The number of nitrogens with zero attached hydrogens (tertiary/aromatic N) is 7. The summed E-state index contributed by atoms with van der Waals surface area (Å²) in [5.74, 6) is 0.606. The van der Waals surface area contributed by atoms with Crippen LogP contribution in [0, 0.1) is 0 Å². The molecule has 166 valence electrons. The molecule has 0 saturated heterocycles. The molecule has 0 fully saturated rings. The molecule has 34 heavy (non-hydrogen) atoms. The van der Waals surface area contributed by atoms with Crippen LogP contribution in [0.5, 0.6) is 0 Å². The van der Waals surface area contributed by atoms with Crippen LogP contribution in [-0.4, -0.2) is 59.1 Å². The topological polar surface area (TPSA) is 112 Å². The van der Waals surface area contributed by atoms with E-state index in [0.717, 1.165) is 51.0 Å². The van der Waals surface area contributed by atoms with E-state index in [9.17, 15) is 0 Å². The van der Waals surface area contributed by atoms with Gasteiger partial charge >= 0.3 is 0 Å². The fraction of sp³-hybridized carbons (Fsp3) is 0.120. The zero-order chi connectivity index (χ0) is 23.1. The third-order valence-electron chi connectivity index (χ3n) is 5.58. The minimum Gasteiger partial charge on any atom is -0.321 e. The van der Waals surface area contributed by atoms with Crippen LogP contribution in [0.2, 0.25) is 0 Å². The summed E-state index contributed by atoms with van der Waals surface area (Å²) in [5.41, 5.74) is 8.50. The molecule has 6 rings (SSSR count). The first-order valence-corrected chi connectivity index (χ1v) is 10.9. The Hall–Kier alpha value is -4.50. The van der Waals surface area contributed by atoms with Gasteiger partial charge in [0.2, 0.25) is 0 Å². The molecule has 0 amide bonds. The standard InChI is InChI=1S/C25H21N9/c1-34(2)14-15-10-17(13-27-11-15)19-5-6-20-22(29-19)23(33-32-20)25-30-21-18(7-9-28-24(21)31-25)16-4-3-8-26-12-16/h3-13H,14H2,1-2H3,(H,32,33)(H,28,30,31). The van der Waals surface area contributed by atoms with Gasteiger partial charge in [-0.2, -0.15) is 5.10 Å². The lowest BCUT2D eigenvalue weighted by molar-refractivity contribution is 0.402. The molecule has 0 aromatic carbocycles. The lowest BCUT2D eigenvalue weighted by atomic mass is 10.1. The summed E-state index contributed by atoms with van der Waals surface area (Å²) in [6.07, 6.45) is 9.05. The van der Waals surface area contributed by atoms with Gasteiger partial charge in [0.1, 0.15) is 11.0 Å². The van der Waals surface area contributed by atoms with E-state index in [-0.39, 0.29) is 0 Å². The molecule has 0 aliphatic carbocycles. The molecule has 0 radical (unpaired) electrons. The third kappa shape index (κ3) is 3.57. The van der Waals surface area contributed by atoms with E-state index in [1.54, 1.807) is 12.4 Å². The van der Waals surface area contributed by atoms with Crippen molar-refractivity contribution in [1.29, 1.82) is 0 Å². The maximum atomic E-state index is 4.92. The minimum absolute atomic E-state index is 0.606. The summed E-state index contributed by atoms with van der Waals surface area (Å²) in [6.45, 7) is 0.811. The molecule has 9 heteroatoms. The van der Waals surface area contributed by atoms with Crippen molar-refractivity contribution in [2.75, 3.05) is 14.1 Å². The summed E-state index contributed by atoms with van der Waals surface area (Å²) in [6, 6.07) is 11.9. The van der Waals surface area contributed by atoms with Crippen LogP contribution in [0.25, 0.3) is 56.1 Å². The Kier molecular flexibility index (Phi) is 4.81. The molecule has 0 bridgehead atoms. The average Bonchev–Trinajstić information content (AvgIpc) is 3.48. The number of rotatable bonds is 5. The molecule has 0 saturated carbocycles. The molecule has 9 nitrogen and oxygen atoms in total. The fourth-order valence-electron chi connectivity index (χ4n) is 4.08. The van der Waals surface area contributed by atoms with Gasteiger partial charge < -0.3 is 9.88 Å². The first kappa shape index (κ1) is 20.1. The Morgan fingerprint density at radius 2 is 1.79 bits per heavy atom. The van der Waals surface area contributed by atoms with Gasteiger partial charge in [-0.3, -0.25) is 15.1 Å². The number of aromatic amines is 2. The molecule has 0 aliphatic heterocycles. The van der Waals surface area contributed by atoms with Crippen LogP contribution in [-0.2, 0) is 6.54 Å². The van der Waals surface area contributed by atoms with Gasteiger partial charge in [-0.05, 0) is 50.0 Å². The lowest BCUT2D eigenvalue weighted by Gasteiger charge is -2.10. The summed E-state index contributed by atoms with van der Waals surface area (Å²) in [7, 11) is 4.08. The Labute approximate surface area is 195 Å². The average molecular weight is 448 g/mol. The van der Waals surface area contributed by atoms with Crippen molar-refractivity contribution >= 4 is 22.2 Å². The predicted octanol–water partition coefficient (Wildman–Crippen LogP) is 4.08. The Morgan fingerprint density at radius 3 is 2.65 bits per heavy atom. The number of hydrogen-bond donors (Lipinski definition) is 2. The van der Waals surface area contributed by atoms with E-state index in [2.05, 4.69) is 41.1 Å². The second-order valence-electron chi connectivity index (χ2n) is 8.37. The first-order chi connectivity index (χ1) is 16.7. The van der Waals surface area contributed by atoms with E-state index in [1.165, 1.54) is 0 Å². The first-order valence-electron chi connectivity index (χ1n) is 10.9. The second kappa shape index (κ2) is 8.13. The van der Waals surface area contributed by atoms with Gasteiger partial charge in [-0.25, -0.2) is 15.0 Å². The number of nitrogens with one attached hydrogen (secondary N) is 2. The number of H-pyrrole nitrogens is 2. The van der Waals surface area contributed by atoms with Crippen LogP contribution in [0.3, 0.4) is 0 Å². The number of fused-ring (bicyclic) bond motifs is 2. The molecule has 2 N–H and O–H groups in total. The van der Waals surface area contributed by atoms with Crippen molar-refractivity contribution in [3.63, 3.8) is 0 Å². The molecule has 6 aromatic heterocycles. The zero-order valence-corrected chi connectivity index (χ0v) is 18.7. The van der Waals surface area contributed by atoms with Crippen molar-refractivity contribution in [3.8, 4) is 33.9 Å². The van der Waals surface area contributed by atoms with E-state index in [0.29, 0.717) is 17.2 Å². The number of imidazole rings is 1. The van der Waals surface area contributed by atoms with Crippen molar-refractivity contribution in [1.82, 2.24) is 45.0 Å². The van der Waals surface area contributed by atoms with E-state index >= 15 is 0 Å². The van der Waals surface area contributed by atoms with Gasteiger partial charge in [-0.1, -0.05) is 6.07 Å². The molecule has 6 aromatic rings. The monoisotopic (exact) mass is 447 g/mol. The van der Waals surface area contributed by atoms with Crippen LogP contribution in [0.1, 0.15) is 5.56 Å². The summed E-state index contributed by atoms with van der Waals surface area (Å²) in [4.78, 5) is 28.3. The maximum Gasteiger partial charge on any atom is 0.162 e. The third-order valence-corrected chi connectivity index (χ3v) is 5.58. The Bertz CT molecular complexity index is 1620. The summed E-state index contributed by atoms with van der Waals surface area (Å²) >= 11 is 0. The molecular formula is C25H21N9. The largest absolute Gasteiger partial charge is 0.321 e. The van der Waals surface area contributed by atoms with Crippen molar-refractivity contribution in [3.05, 3.63) is 72.9 Å². The lowest BCUT2D eigenvalue weighted by Crippen LogP contribution is -2.10. The fourth-order valence-corrected chi connectivity index (χ4v) is 4.08. The van der Waals surface area contributed by atoms with Crippen LogP contribution < -0.4 is 0 Å². The molecule has 0 spiro atoms. The summed E-state index contributed by atoms with van der Waals surface area (Å²) < 4.78 is 0. The molecule has 0 atom stereocenters. The van der Waals surface area contributed by atoms with Gasteiger partial charge in [0.25, 0.3) is 0 Å². The Morgan fingerprint density at radius 1 is 0.882 bits per heavy atom. The number of pyridine rings is 4. The highest BCUT2D eigenvalue weighted by Crippen LogP contribution is 2.30. The highest BCUT2D eigenvalue weighted by Gasteiger charge is 2.17. The van der Waals surface area contributed by atoms with E-state index in [1.807, 2.05) is 63.0 Å². The molecular weight excluding hydrogens is 426 g/mol. The SMILES string of the molecule is CN(C)Cc1cncc(-c2ccc3[nH]nc(-c4nc5c(-c6cccnc6)ccnc5[nH]4)c3n2)c1. The maximum absolute atomic E-state index is 4.92. The number of aromatic nitrogens is 8. The number of hydrogen-bond acceptors (Lipinski definition) is 7. The normalized spacial score (nSPS) is 11.6. The smallest absolute Gasteiger partial charge is 0.162 e.